The molecular weight excluding hydrogens is 506 g/mol. The second kappa shape index (κ2) is 12.1. The topological polar surface area (TPSA) is 71.0 Å². The van der Waals surface area contributed by atoms with E-state index in [1.807, 2.05) is 41.0 Å². The maximum absolute atomic E-state index is 14.0. The molecule has 0 fully saturated rings. The molecule has 0 saturated carbocycles. The number of phenolic OH excluding ortho intramolecular Hbond substituents is 1. The Morgan fingerprint density at radius 2 is 1.39 bits per heavy atom. The number of benzene rings is 3. The Hall–Kier alpha value is -3.60. The average molecular weight is 554 g/mol. The molecule has 2 N–H and O–H groups in total. The number of carbonyl (C=O) groups excluding carboxylic acids is 1. The van der Waals surface area contributed by atoms with Crippen LogP contribution in [0.25, 0.3) is 11.0 Å². The van der Waals surface area contributed by atoms with Gasteiger partial charge in [-0.2, -0.15) is 0 Å². The van der Waals surface area contributed by atoms with Gasteiger partial charge >= 0.3 is 0 Å². The normalized spacial score (nSPS) is 13.0. The van der Waals surface area contributed by atoms with E-state index in [4.69, 9.17) is 0 Å². The van der Waals surface area contributed by atoms with Crippen LogP contribution in [0.1, 0.15) is 114 Å². The number of ketones is 1. The van der Waals surface area contributed by atoms with Crippen molar-refractivity contribution in [1.82, 2.24) is 9.13 Å². The van der Waals surface area contributed by atoms with Crippen LogP contribution >= 0.6 is 0 Å². The van der Waals surface area contributed by atoms with Crippen molar-refractivity contribution in [3.8, 4) is 5.75 Å². The van der Waals surface area contributed by atoms with Gasteiger partial charge in [-0.25, -0.2) is 0 Å². The Balaban J connectivity index is 1.82. The molecule has 1 unspecified atom stereocenters. The first-order valence-corrected chi connectivity index (χ1v) is 15.0. The smallest absolute Gasteiger partial charge is 0.204 e. The molecule has 5 nitrogen and oxygen atoms in total. The molecule has 4 rings (SSSR count). The van der Waals surface area contributed by atoms with Gasteiger partial charge < -0.3 is 14.2 Å². The summed E-state index contributed by atoms with van der Waals surface area (Å²) in [5.74, 6) is 0.197. The van der Waals surface area contributed by atoms with Crippen LogP contribution in [0.5, 0.6) is 5.75 Å². The minimum Gasteiger partial charge on any atom is -0.507 e. The summed E-state index contributed by atoms with van der Waals surface area (Å²) in [5, 5.41) is 20.5. The minimum absolute atomic E-state index is 0.00969. The lowest BCUT2D eigenvalue weighted by Gasteiger charge is -2.28. The molecule has 41 heavy (non-hydrogen) atoms. The molecule has 0 aliphatic rings. The maximum Gasteiger partial charge on any atom is 0.204 e. The fourth-order valence-corrected chi connectivity index (χ4v) is 5.79. The van der Waals surface area contributed by atoms with Crippen LogP contribution < -0.4 is 5.62 Å². The number of carbonyl (C=O) groups is 1. The van der Waals surface area contributed by atoms with Gasteiger partial charge in [0.1, 0.15) is 5.75 Å². The third kappa shape index (κ3) is 6.50. The molecule has 4 aromatic rings. The number of imidazole rings is 1. The number of nitrogens with zero attached hydrogens (tertiary/aromatic N) is 2. The van der Waals surface area contributed by atoms with E-state index in [9.17, 15) is 15.3 Å². The first-order valence-electron chi connectivity index (χ1n) is 15.0. The first kappa shape index (κ1) is 30.4. The predicted molar refractivity (Wildman–Crippen MR) is 169 cm³/mol. The summed E-state index contributed by atoms with van der Waals surface area (Å²) in [6, 6.07) is 22.2. The number of aromatic nitrogens is 2. The quantitative estimate of drug-likeness (QED) is 0.152. The van der Waals surface area contributed by atoms with Crippen LogP contribution in [-0.2, 0) is 17.4 Å². The van der Waals surface area contributed by atoms with E-state index in [-0.39, 0.29) is 34.9 Å². The van der Waals surface area contributed by atoms with Gasteiger partial charge in [0.05, 0.1) is 23.6 Å². The van der Waals surface area contributed by atoms with E-state index in [1.54, 1.807) is 0 Å². The summed E-state index contributed by atoms with van der Waals surface area (Å²) in [4.78, 5) is 14.0. The van der Waals surface area contributed by atoms with Gasteiger partial charge in [-0.3, -0.25) is 10.2 Å². The van der Waals surface area contributed by atoms with Crippen LogP contribution in [0.2, 0.25) is 0 Å². The van der Waals surface area contributed by atoms with Crippen LogP contribution in [0, 0.1) is 5.41 Å². The molecule has 1 aromatic heterocycles. The summed E-state index contributed by atoms with van der Waals surface area (Å²) in [6.07, 6.45) is 5.56. The summed E-state index contributed by atoms with van der Waals surface area (Å²) < 4.78 is 3.96. The highest BCUT2D eigenvalue weighted by atomic mass is 16.3. The molecule has 1 heterocycles. The number of aromatic hydroxyl groups is 1. The lowest BCUT2D eigenvalue weighted by molar-refractivity contribution is 0.0971. The van der Waals surface area contributed by atoms with Crippen molar-refractivity contribution in [2.45, 2.75) is 104 Å². The Labute approximate surface area is 245 Å². The highest BCUT2D eigenvalue weighted by Gasteiger charge is 2.28. The van der Waals surface area contributed by atoms with E-state index >= 15 is 0 Å². The third-order valence-electron chi connectivity index (χ3n) is 8.09. The monoisotopic (exact) mass is 553 g/mol. The highest BCUT2D eigenvalue weighted by Crippen LogP contribution is 2.40. The molecule has 0 aliphatic heterocycles. The molecule has 0 spiro atoms. The Bertz CT molecular complexity index is 1530. The third-order valence-corrected chi connectivity index (χ3v) is 8.09. The van der Waals surface area contributed by atoms with Gasteiger partial charge in [-0.1, -0.05) is 117 Å². The molecule has 0 saturated heterocycles. The van der Waals surface area contributed by atoms with Crippen molar-refractivity contribution in [2.75, 3.05) is 0 Å². The molecule has 0 aliphatic carbocycles. The Morgan fingerprint density at radius 3 is 1.95 bits per heavy atom. The number of hydrogen-bond acceptors (Lipinski definition) is 3. The van der Waals surface area contributed by atoms with E-state index < -0.39 is 0 Å². The van der Waals surface area contributed by atoms with Crippen LogP contribution in [-0.4, -0.2) is 20.0 Å². The molecule has 0 amide bonds. The molecule has 218 valence electrons. The number of hydrogen-bond donors (Lipinski definition) is 2. The zero-order valence-corrected chi connectivity index (χ0v) is 25.9. The first-order chi connectivity index (χ1) is 19.3. The minimum atomic E-state index is -0.329. The lowest BCUT2D eigenvalue weighted by atomic mass is 9.78. The van der Waals surface area contributed by atoms with Crippen LogP contribution in [0.4, 0.5) is 0 Å². The molecule has 0 bridgehead atoms. The zero-order chi connectivity index (χ0) is 29.9. The van der Waals surface area contributed by atoms with E-state index in [0.717, 1.165) is 41.4 Å². The number of rotatable bonds is 10. The van der Waals surface area contributed by atoms with Gasteiger partial charge in [-0.15, -0.1) is 0 Å². The van der Waals surface area contributed by atoms with Crippen molar-refractivity contribution < 1.29 is 9.90 Å². The van der Waals surface area contributed by atoms with E-state index in [1.165, 1.54) is 18.4 Å². The number of para-hydroxylation sites is 2. The summed E-state index contributed by atoms with van der Waals surface area (Å²) in [6.45, 7) is 14.6. The van der Waals surface area contributed by atoms with E-state index in [2.05, 4.69) is 83.4 Å². The number of nitrogens with one attached hydrogen (secondary N) is 1. The fourth-order valence-electron chi connectivity index (χ4n) is 5.79. The Kier molecular flexibility index (Phi) is 8.96. The average Bonchev–Trinajstić information content (AvgIpc) is 3.19. The lowest BCUT2D eigenvalue weighted by Crippen LogP contribution is -2.30. The second-order valence-corrected chi connectivity index (χ2v) is 13.4. The van der Waals surface area contributed by atoms with E-state index in [0.29, 0.717) is 11.2 Å². The summed E-state index contributed by atoms with van der Waals surface area (Å²) >= 11 is 0. The summed E-state index contributed by atoms with van der Waals surface area (Å²) in [5.41, 5.74) is 4.80. The van der Waals surface area contributed by atoms with Gasteiger partial charge in [0.25, 0.3) is 0 Å². The number of Topliss-reactive ketones (excluding diaryl/α,β-unsaturated/α-hetero) is 1. The fraction of sp³-hybridized carbons (Fsp3) is 0.444. The highest BCUT2D eigenvalue weighted by molar-refractivity contribution is 5.97. The van der Waals surface area contributed by atoms with Crippen molar-refractivity contribution in [1.29, 1.82) is 5.41 Å². The molecule has 5 heteroatoms. The summed E-state index contributed by atoms with van der Waals surface area (Å²) in [7, 11) is 0. The maximum atomic E-state index is 14.0. The van der Waals surface area contributed by atoms with Crippen LogP contribution in [0.3, 0.4) is 0 Å². The standard InChI is InChI=1S/C36H47N3O2/c1-8-9-10-14-19-29(25-17-12-11-13-18-25)39-31-21-16-15-20-30(31)38(34(39)37)24-32(40)26-22-27(35(2,3)4)33(41)28(23-26)36(5,6)7/h11-13,15-18,20-23,29,37,41H,8-10,14,19,24H2,1-7H3. The molecular formula is C36H47N3O2. The van der Waals surface area contributed by atoms with Crippen molar-refractivity contribution in [2.24, 2.45) is 0 Å². The van der Waals surface area contributed by atoms with Crippen LogP contribution in [0.15, 0.2) is 66.7 Å². The van der Waals surface area contributed by atoms with Gasteiger partial charge in [0.2, 0.25) is 5.62 Å². The molecule has 3 aromatic carbocycles. The number of fused-ring (bicyclic) bond motifs is 1. The zero-order valence-electron chi connectivity index (χ0n) is 25.9. The molecule has 1 atom stereocenters. The van der Waals surface area contributed by atoms with Crippen molar-refractivity contribution in [3.63, 3.8) is 0 Å². The second-order valence-electron chi connectivity index (χ2n) is 13.4. The SMILES string of the molecule is CCCCCCC(c1ccccc1)n1c(=N)n(CC(=O)c2cc(C(C)(C)C)c(O)c(C(C)(C)C)c2)c2ccccc21. The Morgan fingerprint density at radius 1 is 0.829 bits per heavy atom. The van der Waals surface area contributed by atoms with Gasteiger partial charge in [-0.05, 0) is 47.1 Å². The van der Waals surface area contributed by atoms with Crippen molar-refractivity contribution >= 4 is 16.8 Å². The number of unbranched alkanes of at least 4 members (excludes halogenated alkanes) is 3. The van der Waals surface area contributed by atoms with Crippen molar-refractivity contribution in [3.05, 3.63) is 94.6 Å². The largest absolute Gasteiger partial charge is 0.507 e. The van der Waals surface area contributed by atoms with Gasteiger partial charge in [0, 0.05) is 16.7 Å². The van der Waals surface area contributed by atoms with Gasteiger partial charge in [0.15, 0.2) is 5.78 Å². The molecule has 0 radical (unpaired) electrons. The predicted octanol–water partition coefficient (Wildman–Crippen LogP) is 8.67. The number of phenols is 1.